The molecule has 1 unspecified atom stereocenters. The Hall–Kier alpha value is -1.59. The van der Waals surface area contributed by atoms with Gasteiger partial charge in [0.15, 0.2) is 5.96 Å². The summed E-state index contributed by atoms with van der Waals surface area (Å²) in [6, 6.07) is 11.4. The summed E-state index contributed by atoms with van der Waals surface area (Å²) in [6.07, 6.45) is 4.64. The minimum Gasteiger partial charge on any atom is -0.393 e. The second-order valence-corrected chi connectivity index (χ2v) is 7.18. The maximum Gasteiger partial charge on any atom is 0.191 e. The average molecular weight is 347 g/mol. The van der Waals surface area contributed by atoms with Gasteiger partial charge in [-0.2, -0.15) is 0 Å². The summed E-state index contributed by atoms with van der Waals surface area (Å²) in [7, 11) is 4.23. The molecule has 1 aliphatic carbocycles. The van der Waals surface area contributed by atoms with Crippen molar-refractivity contribution in [1.82, 2.24) is 15.5 Å². The summed E-state index contributed by atoms with van der Waals surface area (Å²) in [5.74, 6) is 0.892. The zero-order valence-electron chi connectivity index (χ0n) is 15.9. The SMILES string of the molecule is CCNC(=NCC(Cc1ccccc1)N(C)C)NC1CCC(O)CC1. The quantitative estimate of drug-likeness (QED) is 0.522. The molecule has 1 aromatic rings. The van der Waals surface area contributed by atoms with Gasteiger partial charge < -0.3 is 20.6 Å². The molecule has 5 nitrogen and oxygen atoms in total. The molecule has 0 radical (unpaired) electrons. The van der Waals surface area contributed by atoms with Crippen LogP contribution in [0, 0.1) is 0 Å². The maximum absolute atomic E-state index is 9.66. The number of guanidine groups is 1. The van der Waals surface area contributed by atoms with E-state index in [-0.39, 0.29) is 6.10 Å². The van der Waals surface area contributed by atoms with Gasteiger partial charge in [-0.3, -0.25) is 4.99 Å². The lowest BCUT2D eigenvalue weighted by Crippen LogP contribution is -2.46. The molecule has 0 bridgehead atoms. The van der Waals surface area contributed by atoms with Gasteiger partial charge in [-0.25, -0.2) is 0 Å². The van der Waals surface area contributed by atoms with Crippen LogP contribution in [0.2, 0.25) is 0 Å². The van der Waals surface area contributed by atoms with E-state index in [1.807, 2.05) is 0 Å². The molecule has 3 N–H and O–H groups in total. The van der Waals surface area contributed by atoms with Crippen LogP contribution in [-0.2, 0) is 6.42 Å². The van der Waals surface area contributed by atoms with Gasteiger partial charge >= 0.3 is 0 Å². The number of aliphatic hydroxyl groups excluding tert-OH is 1. The van der Waals surface area contributed by atoms with Gasteiger partial charge in [-0.1, -0.05) is 30.3 Å². The molecule has 1 aliphatic rings. The van der Waals surface area contributed by atoms with Crippen LogP contribution in [0.25, 0.3) is 0 Å². The zero-order chi connectivity index (χ0) is 18.1. The van der Waals surface area contributed by atoms with Crippen LogP contribution in [0.3, 0.4) is 0 Å². The van der Waals surface area contributed by atoms with Crippen LogP contribution < -0.4 is 10.6 Å². The standard InChI is InChI=1S/C20H34N4O/c1-4-21-20(23-17-10-12-19(25)13-11-17)22-15-18(24(2)3)14-16-8-6-5-7-9-16/h5-9,17-19,25H,4,10-15H2,1-3H3,(H2,21,22,23). The highest BCUT2D eigenvalue weighted by Gasteiger charge is 2.20. The van der Waals surface area contributed by atoms with Crippen LogP contribution in [0.15, 0.2) is 35.3 Å². The zero-order valence-corrected chi connectivity index (χ0v) is 15.9. The highest BCUT2D eigenvalue weighted by Crippen LogP contribution is 2.18. The number of aliphatic imine (C=N–C) groups is 1. The first-order chi connectivity index (χ1) is 12.1. The molecule has 1 atom stereocenters. The Balaban J connectivity index is 1.94. The topological polar surface area (TPSA) is 59.9 Å². The van der Waals surface area contributed by atoms with E-state index in [0.29, 0.717) is 12.1 Å². The van der Waals surface area contributed by atoms with Crippen LogP contribution in [-0.4, -0.2) is 61.3 Å². The first kappa shape index (κ1) is 19.7. The van der Waals surface area contributed by atoms with Crippen LogP contribution in [0.5, 0.6) is 0 Å². The normalized spacial score (nSPS) is 22.7. The van der Waals surface area contributed by atoms with Gasteiger partial charge in [-0.15, -0.1) is 0 Å². The molecule has 0 amide bonds. The van der Waals surface area contributed by atoms with Crippen molar-refractivity contribution in [3.8, 4) is 0 Å². The van der Waals surface area contributed by atoms with E-state index in [1.54, 1.807) is 0 Å². The molecule has 1 fully saturated rings. The summed E-state index contributed by atoms with van der Waals surface area (Å²) in [4.78, 5) is 7.08. The van der Waals surface area contributed by atoms with Crippen molar-refractivity contribution in [3.63, 3.8) is 0 Å². The van der Waals surface area contributed by atoms with Gasteiger partial charge in [0, 0.05) is 18.6 Å². The molecular formula is C20H34N4O. The Morgan fingerprint density at radius 1 is 1.20 bits per heavy atom. The first-order valence-corrected chi connectivity index (χ1v) is 9.51. The average Bonchev–Trinajstić information content (AvgIpc) is 2.61. The third-order valence-electron chi connectivity index (χ3n) is 4.89. The minimum atomic E-state index is -0.124. The number of hydrogen-bond donors (Lipinski definition) is 3. The summed E-state index contributed by atoms with van der Waals surface area (Å²) in [6.45, 7) is 3.70. The summed E-state index contributed by atoms with van der Waals surface area (Å²) >= 11 is 0. The maximum atomic E-state index is 9.66. The predicted molar refractivity (Wildman–Crippen MR) is 105 cm³/mol. The van der Waals surface area contributed by atoms with E-state index >= 15 is 0 Å². The van der Waals surface area contributed by atoms with Gasteiger partial charge in [0.25, 0.3) is 0 Å². The molecule has 1 aromatic carbocycles. The Kier molecular flexibility index (Phi) is 8.22. The van der Waals surface area contributed by atoms with Crippen molar-refractivity contribution >= 4 is 5.96 Å². The van der Waals surface area contributed by atoms with Gasteiger partial charge in [-0.05, 0) is 58.7 Å². The third-order valence-corrected chi connectivity index (χ3v) is 4.89. The molecule has 0 saturated heterocycles. The second kappa shape index (κ2) is 10.4. The fraction of sp³-hybridized carbons (Fsp3) is 0.650. The number of nitrogens with one attached hydrogen (secondary N) is 2. The Morgan fingerprint density at radius 2 is 1.88 bits per heavy atom. The number of aliphatic hydroxyl groups is 1. The fourth-order valence-electron chi connectivity index (χ4n) is 3.23. The Morgan fingerprint density at radius 3 is 2.48 bits per heavy atom. The lowest BCUT2D eigenvalue weighted by molar-refractivity contribution is 0.120. The monoisotopic (exact) mass is 346 g/mol. The lowest BCUT2D eigenvalue weighted by Gasteiger charge is -2.28. The summed E-state index contributed by atoms with van der Waals surface area (Å²) in [5, 5.41) is 16.6. The van der Waals surface area contributed by atoms with E-state index in [2.05, 4.69) is 66.9 Å². The Bertz CT molecular complexity index is 510. The van der Waals surface area contributed by atoms with Crippen molar-refractivity contribution in [3.05, 3.63) is 35.9 Å². The molecule has 25 heavy (non-hydrogen) atoms. The summed E-state index contributed by atoms with van der Waals surface area (Å²) in [5.41, 5.74) is 1.34. The van der Waals surface area contributed by atoms with Gasteiger partial charge in [0.05, 0.1) is 12.6 Å². The number of hydrogen-bond acceptors (Lipinski definition) is 3. The van der Waals surface area contributed by atoms with E-state index < -0.39 is 0 Å². The number of benzene rings is 1. The number of likely N-dealkylation sites (N-methyl/N-ethyl adjacent to an activating group) is 1. The molecule has 0 aromatic heterocycles. The largest absolute Gasteiger partial charge is 0.393 e. The molecule has 2 rings (SSSR count). The molecule has 0 heterocycles. The molecule has 0 spiro atoms. The second-order valence-electron chi connectivity index (χ2n) is 7.18. The predicted octanol–water partition coefficient (Wildman–Crippen LogP) is 2.02. The minimum absolute atomic E-state index is 0.124. The highest BCUT2D eigenvalue weighted by atomic mass is 16.3. The molecule has 140 valence electrons. The van der Waals surface area contributed by atoms with E-state index in [4.69, 9.17) is 4.99 Å². The lowest BCUT2D eigenvalue weighted by atomic mass is 9.93. The van der Waals surface area contributed by atoms with E-state index in [1.165, 1.54) is 5.56 Å². The molecular weight excluding hydrogens is 312 g/mol. The Labute approximate surface area is 152 Å². The van der Waals surface area contributed by atoms with Crippen molar-refractivity contribution in [1.29, 1.82) is 0 Å². The molecule has 5 heteroatoms. The molecule has 0 aliphatic heterocycles. The summed E-state index contributed by atoms with van der Waals surface area (Å²) < 4.78 is 0. The van der Waals surface area contributed by atoms with Crippen LogP contribution in [0.1, 0.15) is 38.2 Å². The molecule has 1 saturated carbocycles. The smallest absolute Gasteiger partial charge is 0.191 e. The van der Waals surface area contributed by atoms with Crippen molar-refractivity contribution in [2.45, 2.75) is 57.2 Å². The van der Waals surface area contributed by atoms with Crippen molar-refractivity contribution in [2.75, 3.05) is 27.2 Å². The number of nitrogens with zero attached hydrogens (tertiary/aromatic N) is 2. The number of rotatable bonds is 7. The van der Waals surface area contributed by atoms with Gasteiger partial charge in [0.2, 0.25) is 0 Å². The van der Waals surface area contributed by atoms with Gasteiger partial charge in [0.1, 0.15) is 0 Å². The van der Waals surface area contributed by atoms with Crippen molar-refractivity contribution in [2.24, 2.45) is 4.99 Å². The third kappa shape index (κ3) is 7.04. The van der Waals surface area contributed by atoms with Crippen LogP contribution in [0.4, 0.5) is 0 Å². The fourth-order valence-corrected chi connectivity index (χ4v) is 3.23. The first-order valence-electron chi connectivity index (χ1n) is 9.51. The highest BCUT2D eigenvalue weighted by molar-refractivity contribution is 5.80. The van der Waals surface area contributed by atoms with Crippen molar-refractivity contribution < 1.29 is 5.11 Å². The van der Waals surface area contributed by atoms with E-state index in [0.717, 1.165) is 51.2 Å². The van der Waals surface area contributed by atoms with Crippen LogP contribution >= 0.6 is 0 Å². The van der Waals surface area contributed by atoms with E-state index in [9.17, 15) is 5.11 Å².